The Morgan fingerprint density at radius 3 is 2.74 bits per heavy atom. The number of hydrogen-bond acceptors (Lipinski definition) is 5. The van der Waals surface area contributed by atoms with Gasteiger partial charge in [-0.3, -0.25) is 4.90 Å². The molecule has 1 saturated heterocycles. The van der Waals surface area contributed by atoms with E-state index in [0.717, 1.165) is 43.5 Å². The number of rotatable bonds is 7. The maximum atomic E-state index is 13.3. The van der Waals surface area contributed by atoms with E-state index in [1.807, 2.05) is 12.1 Å². The fraction of sp³-hybridized carbons (Fsp3) is 0.333. The minimum atomic E-state index is -0.566. The van der Waals surface area contributed by atoms with Crippen molar-refractivity contribution in [2.45, 2.75) is 25.9 Å². The average molecular weight is 424 g/mol. The first-order chi connectivity index (χ1) is 15.1. The van der Waals surface area contributed by atoms with Crippen molar-refractivity contribution in [1.29, 1.82) is 0 Å². The Kier molecular flexibility index (Phi) is 6.84. The monoisotopic (exact) mass is 423 g/mol. The third-order valence-electron chi connectivity index (χ3n) is 5.52. The first kappa shape index (κ1) is 21.3. The summed E-state index contributed by atoms with van der Waals surface area (Å²) < 4.78 is 26.7. The summed E-state index contributed by atoms with van der Waals surface area (Å²) in [5.41, 5.74) is 3.73. The zero-order valence-corrected chi connectivity index (χ0v) is 17.6. The second-order valence-corrected chi connectivity index (χ2v) is 7.94. The van der Waals surface area contributed by atoms with Gasteiger partial charge in [-0.25, -0.2) is 18.7 Å². The molecule has 0 amide bonds. The Hall–Kier alpha value is -2.90. The minimum Gasteiger partial charge on any atom is -0.354 e. The van der Waals surface area contributed by atoms with E-state index in [1.54, 1.807) is 6.20 Å². The predicted molar refractivity (Wildman–Crippen MR) is 119 cm³/mol. The van der Waals surface area contributed by atoms with Gasteiger partial charge in [0.2, 0.25) is 5.95 Å². The van der Waals surface area contributed by atoms with Crippen LogP contribution in [0.15, 0.2) is 54.7 Å². The van der Waals surface area contributed by atoms with Crippen LogP contribution in [0, 0.1) is 11.6 Å². The molecule has 1 aromatic heterocycles. The number of nitrogens with one attached hydrogen (secondary N) is 2. The largest absolute Gasteiger partial charge is 0.354 e. The SMILES string of the molecule is CC1CNCCN1Cc1cccc(-c2ccnc(NCCc3cc(F)cc(F)c3)n2)c1. The molecule has 2 heterocycles. The summed E-state index contributed by atoms with van der Waals surface area (Å²) in [5.74, 6) is -0.637. The molecule has 3 aromatic rings. The number of aromatic nitrogens is 2. The van der Waals surface area contributed by atoms with Gasteiger partial charge >= 0.3 is 0 Å². The number of hydrogen-bond donors (Lipinski definition) is 2. The third kappa shape index (κ3) is 5.83. The van der Waals surface area contributed by atoms with Crippen molar-refractivity contribution in [3.8, 4) is 11.3 Å². The summed E-state index contributed by atoms with van der Waals surface area (Å²) in [6.45, 7) is 6.72. The summed E-state index contributed by atoms with van der Waals surface area (Å²) >= 11 is 0. The molecule has 4 rings (SSSR count). The number of piperazine rings is 1. The van der Waals surface area contributed by atoms with E-state index in [9.17, 15) is 8.78 Å². The van der Waals surface area contributed by atoms with Crippen molar-refractivity contribution in [2.24, 2.45) is 0 Å². The van der Waals surface area contributed by atoms with Crippen molar-refractivity contribution in [3.63, 3.8) is 0 Å². The fourth-order valence-corrected chi connectivity index (χ4v) is 3.86. The lowest BCUT2D eigenvalue weighted by atomic mass is 10.1. The van der Waals surface area contributed by atoms with Crippen molar-refractivity contribution in [2.75, 3.05) is 31.5 Å². The van der Waals surface area contributed by atoms with Crippen LogP contribution in [0.25, 0.3) is 11.3 Å². The van der Waals surface area contributed by atoms with Crippen molar-refractivity contribution >= 4 is 5.95 Å². The Morgan fingerprint density at radius 1 is 1.10 bits per heavy atom. The molecule has 1 atom stereocenters. The van der Waals surface area contributed by atoms with Gasteiger partial charge in [-0.2, -0.15) is 0 Å². The van der Waals surface area contributed by atoms with E-state index in [-0.39, 0.29) is 0 Å². The molecule has 0 spiro atoms. The van der Waals surface area contributed by atoms with Gasteiger partial charge < -0.3 is 10.6 Å². The smallest absolute Gasteiger partial charge is 0.223 e. The van der Waals surface area contributed by atoms with Gasteiger partial charge in [0.15, 0.2) is 0 Å². The van der Waals surface area contributed by atoms with Crippen molar-refractivity contribution in [3.05, 3.63) is 77.5 Å². The fourth-order valence-electron chi connectivity index (χ4n) is 3.86. The molecule has 7 heteroatoms. The second-order valence-electron chi connectivity index (χ2n) is 7.94. The number of benzene rings is 2. The Balaban J connectivity index is 1.40. The Labute approximate surface area is 181 Å². The van der Waals surface area contributed by atoms with Crippen molar-refractivity contribution < 1.29 is 8.78 Å². The summed E-state index contributed by atoms with van der Waals surface area (Å²) in [7, 11) is 0. The topological polar surface area (TPSA) is 53.1 Å². The minimum absolute atomic E-state index is 0.473. The van der Waals surface area contributed by atoms with Gasteiger partial charge in [0.05, 0.1) is 5.69 Å². The van der Waals surface area contributed by atoms with Crippen LogP contribution in [-0.2, 0) is 13.0 Å². The summed E-state index contributed by atoms with van der Waals surface area (Å²) in [6.07, 6.45) is 2.19. The molecule has 2 N–H and O–H groups in total. The van der Waals surface area contributed by atoms with Gasteiger partial charge in [0.1, 0.15) is 11.6 Å². The molecule has 0 saturated carbocycles. The van der Waals surface area contributed by atoms with E-state index in [2.05, 4.69) is 50.6 Å². The lowest BCUT2D eigenvalue weighted by molar-refractivity contribution is 0.165. The highest BCUT2D eigenvalue weighted by atomic mass is 19.1. The Bertz CT molecular complexity index is 1010. The standard InChI is InChI=1S/C24H27F2N5/c1-17-15-27-9-10-31(17)16-19-3-2-4-20(11-19)23-6-8-29-24(30-23)28-7-5-18-12-21(25)14-22(26)13-18/h2-4,6,8,11-14,17,27H,5,7,9-10,15-16H2,1H3,(H,28,29,30). The third-order valence-corrected chi connectivity index (χ3v) is 5.52. The maximum absolute atomic E-state index is 13.3. The second kappa shape index (κ2) is 9.94. The first-order valence-electron chi connectivity index (χ1n) is 10.6. The highest BCUT2D eigenvalue weighted by molar-refractivity contribution is 5.61. The van der Waals surface area contributed by atoms with Crippen LogP contribution in [0.3, 0.4) is 0 Å². The molecule has 0 bridgehead atoms. The molecule has 162 valence electrons. The lowest BCUT2D eigenvalue weighted by Crippen LogP contribution is -2.49. The zero-order chi connectivity index (χ0) is 21.6. The van der Waals surface area contributed by atoms with E-state index in [0.29, 0.717) is 30.5 Å². The van der Waals surface area contributed by atoms with Crippen LogP contribution in [-0.4, -0.2) is 47.1 Å². The predicted octanol–water partition coefficient (Wildman–Crippen LogP) is 3.87. The molecule has 31 heavy (non-hydrogen) atoms. The number of anilines is 1. The molecule has 0 aliphatic carbocycles. The van der Waals surface area contributed by atoms with Gasteiger partial charge in [0, 0.05) is 56.6 Å². The summed E-state index contributed by atoms with van der Waals surface area (Å²) in [5, 5.41) is 6.57. The van der Waals surface area contributed by atoms with Crippen LogP contribution < -0.4 is 10.6 Å². The maximum Gasteiger partial charge on any atom is 0.223 e. The quantitative estimate of drug-likeness (QED) is 0.604. The molecule has 1 unspecified atom stereocenters. The highest BCUT2D eigenvalue weighted by Crippen LogP contribution is 2.21. The van der Waals surface area contributed by atoms with Crippen LogP contribution in [0.2, 0.25) is 0 Å². The highest BCUT2D eigenvalue weighted by Gasteiger charge is 2.18. The summed E-state index contributed by atoms with van der Waals surface area (Å²) in [4.78, 5) is 11.4. The molecular weight excluding hydrogens is 396 g/mol. The van der Waals surface area contributed by atoms with Gasteiger partial charge in [-0.05, 0) is 48.7 Å². The molecule has 5 nitrogen and oxygen atoms in total. The van der Waals surface area contributed by atoms with Crippen LogP contribution >= 0.6 is 0 Å². The number of halogens is 2. The van der Waals surface area contributed by atoms with E-state index in [1.165, 1.54) is 17.7 Å². The molecule has 1 aliphatic heterocycles. The van der Waals surface area contributed by atoms with E-state index < -0.39 is 11.6 Å². The molecule has 1 aliphatic rings. The van der Waals surface area contributed by atoms with E-state index in [4.69, 9.17) is 0 Å². The average Bonchev–Trinajstić information content (AvgIpc) is 2.75. The first-order valence-corrected chi connectivity index (χ1v) is 10.6. The molecule has 1 fully saturated rings. The molecule has 2 aromatic carbocycles. The summed E-state index contributed by atoms with van der Waals surface area (Å²) in [6, 6.07) is 14.4. The normalized spacial score (nSPS) is 16.9. The zero-order valence-electron chi connectivity index (χ0n) is 17.6. The van der Waals surface area contributed by atoms with E-state index >= 15 is 0 Å². The van der Waals surface area contributed by atoms with Crippen molar-refractivity contribution in [1.82, 2.24) is 20.2 Å². The molecular formula is C24H27F2N5. The van der Waals surface area contributed by atoms with Crippen LogP contribution in [0.5, 0.6) is 0 Å². The van der Waals surface area contributed by atoms with Crippen LogP contribution in [0.1, 0.15) is 18.1 Å². The van der Waals surface area contributed by atoms with Gasteiger partial charge in [-0.1, -0.05) is 18.2 Å². The van der Waals surface area contributed by atoms with Crippen LogP contribution in [0.4, 0.5) is 14.7 Å². The molecule has 0 radical (unpaired) electrons. The number of nitrogens with zero attached hydrogens (tertiary/aromatic N) is 3. The Morgan fingerprint density at radius 2 is 1.94 bits per heavy atom. The lowest BCUT2D eigenvalue weighted by Gasteiger charge is -2.33. The van der Waals surface area contributed by atoms with Gasteiger partial charge in [-0.15, -0.1) is 0 Å². The van der Waals surface area contributed by atoms with Gasteiger partial charge in [0.25, 0.3) is 0 Å².